The minimum Gasteiger partial charge on any atom is -0.476 e. The normalized spacial score (nSPS) is 15.3. The maximum absolute atomic E-state index is 13.2. The molecule has 160 valence electrons. The number of likely N-dealkylation sites (N-methyl/N-ethyl adjacent to an activating group) is 1. The highest BCUT2D eigenvalue weighted by atomic mass is 16.5. The summed E-state index contributed by atoms with van der Waals surface area (Å²) in [6, 6.07) is 27.4. The quantitative estimate of drug-likeness (QED) is 0.636. The molecule has 3 aromatic carbocycles. The van der Waals surface area contributed by atoms with Crippen LogP contribution in [0.1, 0.15) is 17.2 Å². The minimum absolute atomic E-state index is 0.150. The number of para-hydroxylation sites is 2. The fourth-order valence-electron chi connectivity index (χ4n) is 3.83. The SMILES string of the molecule is CN1CCN(c2ccccc2CNC(=O)C(Oc2ccccc2)c2ccccc2)CC1. The summed E-state index contributed by atoms with van der Waals surface area (Å²) in [6.07, 6.45) is -0.709. The molecule has 31 heavy (non-hydrogen) atoms. The van der Waals surface area contributed by atoms with Crippen LogP contribution < -0.4 is 15.0 Å². The van der Waals surface area contributed by atoms with Gasteiger partial charge < -0.3 is 19.9 Å². The molecule has 1 unspecified atom stereocenters. The number of rotatable bonds is 7. The summed E-state index contributed by atoms with van der Waals surface area (Å²) in [5.74, 6) is 0.521. The molecule has 3 aromatic rings. The van der Waals surface area contributed by atoms with Crippen molar-refractivity contribution < 1.29 is 9.53 Å². The summed E-state index contributed by atoms with van der Waals surface area (Å²) < 4.78 is 6.08. The second-order valence-corrected chi connectivity index (χ2v) is 7.86. The van der Waals surface area contributed by atoms with Gasteiger partial charge in [-0.1, -0.05) is 66.7 Å². The Morgan fingerprint density at radius 2 is 1.48 bits per heavy atom. The number of benzene rings is 3. The van der Waals surface area contributed by atoms with Crippen molar-refractivity contribution in [3.8, 4) is 5.75 Å². The van der Waals surface area contributed by atoms with E-state index in [1.54, 1.807) is 0 Å². The lowest BCUT2D eigenvalue weighted by Gasteiger charge is -2.35. The van der Waals surface area contributed by atoms with Gasteiger partial charge in [-0.3, -0.25) is 4.79 Å². The van der Waals surface area contributed by atoms with E-state index in [1.165, 1.54) is 5.69 Å². The lowest BCUT2D eigenvalue weighted by molar-refractivity contribution is -0.128. The van der Waals surface area contributed by atoms with Crippen LogP contribution in [-0.4, -0.2) is 44.0 Å². The second kappa shape index (κ2) is 10.1. The van der Waals surface area contributed by atoms with Gasteiger partial charge in [-0.2, -0.15) is 0 Å². The molecule has 1 saturated heterocycles. The van der Waals surface area contributed by atoms with Crippen molar-refractivity contribution in [2.24, 2.45) is 0 Å². The Labute approximate surface area is 184 Å². The summed E-state index contributed by atoms with van der Waals surface area (Å²) in [6.45, 7) is 4.53. The van der Waals surface area contributed by atoms with Crippen LogP contribution in [0.15, 0.2) is 84.9 Å². The molecule has 0 saturated carbocycles. The van der Waals surface area contributed by atoms with Gasteiger partial charge in [0.1, 0.15) is 5.75 Å². The van der Waals surface area contributed by atoms with E-state index in [2.05, 4.69) is 40.4 Å². The maximum atomic E-state index is 13.2. The van der Waals surface area contributed by atoms with Crippen molar-refractivity contribution in [3.63, 3.8) is 0 Å². The van der Waals surface area contributed by atoms with Crippen LogP contribution in [0, 0.1) is 0 Å². The number of hydrogen-bond acceptors (Lipinski definition) is 4. The largest absolute Gasteiger partial charge is 0.476 e. The highest BCUT2D eigenvalue weighted by Crippen LogP contribution is 2.24. The Hall–Kier alpha value is -3.31. The highest BCUT2D eigenvalue weighted by Gasteiger charge is 2.23. The lowest BCUT2D eigenvalue weighted by atomic mass is 10.1. The number of anilines is 1. The van der Waals surface area contributed by atoms with Crippen molar-refractivity contribution in [2.75, 3.05) is 38.1 Å². The maximum Gasteiger partial charge on any atom is 0.266 e. The zero-order chi connectivity index (χ0) is 21.5. The number of nitrogens with zero attached hydrogens (tertiary/aromatic N) is 2. The molecular formula is C26H29N3O2. The first-order valence-corrected chi connectivity index (χ1v) is 10.8. The predicted octanol–water partition coefficient (Wildman–Crippen LogP) is 3.87. The van der Waals surface area contributed by atoms with E-state index in [0.29, 0.717) is 12.3 Å². The number of hydrogen-bond donors (Lipinski definition) is 1. The highest BCUT2D eigenvalue weighted by molar-refractivity contribution is 5.82. The van der Waals surface area contributed by atoms with Crippen molar-refractivity contribution in [2.45, 2.75) is 12.6 Å². The van der Waals surface area contributed by atoms with Crippen molar-refractivity contribution in [1.29, 1.82) is 0 Å². The molecule has 0 aliphatic carbocycles. The number of amides is 1. The molecule has 1 N–H and O–H groups in total. The predicted molar refractivity (Wildman–Crippen MR) is 124 cm³/mol. The van der Waals surface area contributed by atoms with E-state index in [-0.39, 0.29) is 5.91 Å². The average molecular weight is 416 g/mol. The topological polar surface area (TPSA) is 44.8 Å². The first-order chi connectivity index (χ1) is 15.2. The Bertz CT molecular complexity index is 970. The Morgan fingerprint density at radius 3 is 2.19 bits per heavy atom. The smallest absolute Gasteiger partial charge is 0.266 e. The number of carbonyl (C=O) groups excluding carboxylic acids is 1. The Balaban J connectivity index is 1.48. The van der Waals surface area contributed by atoms with Gasteiger partial charge in [0, 0.05) is 44.0 Å². The molecule has 0 radical (unpaired) electrons. The molecule has 1 fully saturated rings. The van der Waals surface area contributed by atoms with Crippen LogP contribution in [0.2, 0.25) is 0 Å². The summed E-state index contributed by atoms with van der Waals surface area (Å²) >= 11 is 0. The Kier molecular flexibility index (Phi) is 6.85. The van der Waals surface area contributed by atoms with Crippen molar-refractivity contribution >= 4 is 11.6 Å². The monoisotopic (exact) mass is 415 g/mol. The summed E-state index contributed by atoms with van der Waals surface area (Å²) in [4.78, 5) is 17.9. The fraction of sp³-hybridized carbons (Fsp3) is 0.269. The number of carbonyl (C=O) groups is 1. The van der Waals surface area contributed by atoms with Gasteiger partial charge >= 0.3 is 0 Å². The van der Waals surface area contributed by atoms with Gasteiger partial charge in [-0.25, -0.2) is 0 Å². The van der Waals surface area contributed by atoms with Gasteiger partial charge in [0.25, 0.3) is 5.91 Å². The number of piperazine rings is 1. The van der Waals surface area contributed by atoms with Crippen molar-refractivity contribution in [1.82, 2.24) is 10.2 Å². The fourth-order valence-corrected chi connectivity index (χ4v) is 3.83. The molecule has 1 amide bonds. The van der Waals surface area contributed by atoms with Crippen molar-refractivity contribution in [3.05, 3.63) is 96.1 Å². The summed E-state index contributed by atoms with van der Waals surface area (Å²) in [5, 5.41) is 3.11. The molecule has 1 aliphatic rings. The minimum atomic E-state index is -0.709. The van der Waals surface area contributed by atoms with Crippen LogP contribution >= 0.6 is 0 Å². The molecule has 0 aromatic heterocycles. The van der Waals surface area contributed by atoms with Gasteiger partial charge in [0.2, 0.25) is 6.10 Å². The van der Waals surface area contributed by atoms with Crippen LogP contribution in [0.4, 0.5) is 5.69 Å². The number of nitrogens with one attached hydrogen (secondary N) is 1. The van der Waals surface area contributed by atoms with Crippen LogP contribution in [-0.2, 0) is 11.3 Å². The lowest BCUT2D eigenvalue weighted by Crippen LogP contribution is -2.45. The molecular weight excluding hydrogens is 386 g/mol. The molecule has 5 nitrogen and oxygen atoms in total. The molecule has 1 atom stereocenters. The van der Waals surface area contributed by atoms with Gasteiger partial charge in [-0.05, 0) is 30.8 Å². The van der Waals surface area contributed by atoms with E-state index in [0.717, 1.165) is 37.3 Å². The van der Waals surface area contributed by atoms with Crippen LogP contribution in [0.25, 0.3) is 0 Å². The zero-order valence-electron chi connectivity index (χ0n) is 17.9. The zero-order valence-corrected chi connectivity index (χ0v) is 17.9. The van der Waals surface area contributed by atoms with Gasteiger partial charge in [0.15, 0.2) is 0 Å². The number of ether oxygens (including phenoxy) is 1. The first kappa shape index (κ1) is 20.9. The first-order valence-electron chi connectivity index (χ1n) is 10.8. The van der Waals surface area contributed by atoms with E-state index < -0.39 is 6.10 Å². The molecule has 5 heteroatoms. The molecule has 4 rings (SSSR count). The second-order valence-electron chi connectivity index (χ2n) is 7.86. The Morgan fingerprint density at radius 1 is 0.871 bits per heavy atom. The summed E-state index contributed by atoms with van der Waals surface area (Å²) in [7, 11) is 2.15. The third kappa shape index (κ3) is 5.44. The van der Waals surface area contributed by atoms with Crippen LogP contribution in [0.3, 0.4) is 0 Å². The van der Waals surface area contributed by atoms with E-state index in [1.807, 2.05) is 66.7 Å². The van der Waals surface area contributed by atoms with E-state index >= 15 is 0 Å². The van der Waals surface area contributed by atoms with Crippen LogP contribution in [0.5, 0.6) is 5.75 Å². The summed E-state index contributed by atoms with van der Waals surface area (Å²) in [5.41, 5.74) is 3.14. The third-order valence-corrected chi connectivity index (χ3v) is 5.63. The van der Waals surface area contributed by atoms with Gasteiger partial charge in [0.05, 0.1) is 0 Å². The molecule has 1 heterocycles. The molecule has 0 spiro atoms. The standard InChI is InChI=1S/C26H29N3O2/c1-28-16-18-29(19-17-28)24-15-9-8-12-22(24)20-27-26(30)25(21-10-4-2-5-11-21)31-23-13-6-3-7-14-23/h2-15,25H,16-20H2,1H3,(H,27,30). The average Bonchev–Trinajstić information content (AvgIpc) is 2.83. The molecule has 1 aliphatic heterocycles. The third-order valence-electron chi connectivity index (χ3n) is 5.63. The van der Waals surface area contributed by atoms with Gasteiger partial charge in [-0.15, -0.1) is 0 Å². The molecule has 0 bridgehead atoms. The van der Waals surface area contributed by atoms with E-state index in [9.17, 15) is 4.79 Å². The van der Waals surface area contributed by atoms with E-state index in [4.69, 9.17) is 4.74 Å².